The molecular formula is C21H20ClN3O3S. The van der Waals surface area contributed by atoms with Crippen molar-refractivity contribution in [3.8, 4) is 5.75 Å². The summed E-state index contributed by atoms with van der Waals surface area (Å²) in [6.07, 6.45) is 0. The minimum Gasteiger partial charge on any atom is -0.487 e. The Bertz CT molecular complexity index is 1060. The topological polar surface area (TPSA) is 84.1 Å². The van der Waals surface area contributed by atoms with Crippen LogP contribution in [-0.2, 0) is 11.4 Å². The molecule has 8 heteroatoms. The van der Waals surface area contributed by atoms with Gasteiger partial charge in [0.1, 0.15) is 12.4 Å². The second-order valence-electron chi connectivity index (χ2n) is 6.35. The van der Waals surface area contributed by atoms with Gasteiger partial charge in [0.15, 0.2) is 5.16 Å². The Morgan fingerprint density at radius 2 is 2.00 bits per heavy atom. The maximum absolute atomic E-state index is 12.5. The van der Waals surface area contributed by atoms with Crippen LogP contribution in [0.3, 0.4) is 0 Å². The summed E-state index contributed by atoms with van der Waals surface area (Å²) in [6, 6.07) is 16.0. The van der Waals surface area contributed by atoms with Crippen LogP contribution in [0.15, 0.2) is 64.5 Å². The van der Waals surface area contributed by atoms with E-state index in [1.54, 1.807) is 19.1 Å². The van der Waals surface area contributed by atoms with Crippen molar-refractivity contribution >= 4 is 35.0 Å². The molecule has 3 aromatic rings. The Morgan fingerprint density at radius 1 is 1.24 bits per heavy atom. The number of amides is 1. The first-order valence-electron chi connectivity index (χ1n) is 8.92. The van der Waals surface area contributed by atoms with Gasteiger partial charge < -0.3 is 15.0 Å². The van der Waals surface area contributed by atoms with Gasteiger partial charge in [-0.3, -0.25) is 9.59 Å². The summed E-state index contributed by atoms with van der Waals surface area (Å²) in [6.45, 7) is 3.79. The number of H-pyrrole nitrogens is 1. The number of benzene rings is 2. The van der Waals surface area contributed by atoms with Gasteiger partial charge in [-0.15, -0.1) is 0 Å². The van der Waals surface area contributed by atoms with Gasteiger partial charge in [0.2, 0.25) is 5.91 Å². The lowest BCUT2D eigenvalue weighted by molar-refractivity contribution is -0.115. The maximum atomic E-state index is 12.5. The molecule has 2 aromatic carbocycles. The molecule has 1 atom stereocenters. The number of aromatic amines is 1. The molecule has 1 unspecified atom stereocenters. The number of carbonyl (C=O) groups is 1. The average Bonchev–Trinajstić information content (AvgIpc) is 2.69. The molecule has 150 valence electrons. The zero-order chi connectivity index (χ0) is 20.8. The number of hydrogen-bond acceptors (Lipinski definition) is 5. The Labute approximate surface area is 177 Å². The van der Waals surface area contributed by atoms with Crippen LogP contribution in [-0.4, -0.2) is 21.1 Å². The lowest BCUT2D eigenvalue weighted by Gasteiger charge is -2.14. The van der Waals surface area contributed by atoms with Gasteiger partial charge in [-0.25, -0.2) is 4.98 Å². The highest BCUT2D eigenvalue weighted by Crippen LogP contribution is 2.24. The molecule has 0 fully saturated rings. The molecule has 0 saturated carbocycles. The van der Waals surface area contributed by atoms with Crippen LogP contribution in [0.5, 0.6) is 5.75 Å². The molecule has 0 saturated heterocycles. The molecule has 0 aliphatic heterocycles. The van der Waals surface area contributed by atoms with Crippen molar-refractivity contribution in [1.82, 2.24) is 9.97 Å². The zero-order valence-corrected chi connectivity index (χ0v) is 17.5. The largest absolute Gasteiger partial charge is 0.487 e. The monoisotopic (exact) mass is 429 g/mol. The van der Waals surface area contributed by atoms with Crippen molar-refractivity contribution in [3.63, 3.8) is 0 Å². The summed E-state index contributed by atoms with van der Waals surface area (Å²) in [5, 5.41) is 3.27. The Morgan fingerprint density at radius 3 is 2.76 bits per heavy atom. The van der Waals surface area contributed by atoms with Crippen molar-refractivity contribution in [3.05, 3.63) is 81.2 Å². The van der Waals surface area contributed by atoms with Gasteiger partial charge in [0.25, 0.3) is 5.56 Å². The van der Waals surface area contributed by atoms with Crippen molar-refractivity contribution in [2.24, 2.45) is 0 Å². The van der Waals surface area contributed by atoms with Crippen LogP contribution < -0.4 is 15.6 Å². The summed E-state index contributed by atoms with van der Waals surface area (Å²) in [5.74, 6) is 0.474. The third-order valence-electron chi connectivity index (χ3n) is 4.02. The van der Waals surface area contributed by atoms with E-state index in [2.05, 4.69) is 15.3 Å². The van der Waals surface area contributed by atoms with Gasteiger partial charge in [0.05, 0.1) is 10.9 Å². The van der Waals surface area contributed by atoms with E-state index in [0.717, 1.165) is 17.3 Å². The zero-order valence-electron chi connectivity index (χ0n) is 15.9. The van der Waals surface area contributed by atoms with Crippen molar-refractivity contribution in [1.29, 1.82) is 0 Å². The van der Waals surface area contributed by atoms with Crippen molar-refractivity contribution in [2.45, 2.75) is 30.9 Å². The quantitative estimate of drug-likeness (QED) is 0.428. The van der Waals surface area contributed by atoms with Crippen LogP contribution in [0.4, 0.5) is 5.69 Å². The number of thioether (sulfide) groups is 1. The Hall–Kier alpha value is -2.77. The van der Waals surface area contributed by atoms with Gasteiger partial charge >= 0.3 is 0 Å². The first-order chi connectivity index (χ1) is 13.9. The number of carbonyl (C=O) groups excluding carboxylic acids is 1. The number of rotatable bonds is 7. The standard InChI is InChI=1S/C21H20ClN3O3S/c1-13-8-9-15(22)10-18(13)24-20(27)14(2)29-21-23-16(11-19(26)25-21)12-28-17-6-4-3-5-7-17/h3-11,14H,12H2,1-2H3,(H,24,27)(H,23,25,26). The van der Waals surface area contributed by atoms with Gasteiger partial charge in [-0.2, -0.15) is 0 Å². The number of ether oxygens (including phenoxy) is 1. The maximum Gasteiger partial charge on any atom is 0.251 e. The number of nitrogens with zero attached hydrogens (tertiary/aromatic N) is 1. The number of hydrogen-bond donors (Lipinski definition) is 2. The fourth-order valence-electron chi connectivity index (χ4n) is 2.47. The number of halogens is 1. The predicted octanol–water partition coefficient (Wildman–Crippen LogP) is 4.43. The molecule has 3 rings (SSSR count). The lowest BCUT2D eigenvalue weighted by Crippen LogP contribution is -2.24. The molecule has 0 aliphatic carbocycles. The third-order valence-corrected chi connectivity index (χ3v) is 5.24. The third kappa shape index (κ3) is 6.10. The molecule has 2 N–H and O–H groups in total. The molecule has 6 nitrogen and oxygen atoms in total. The van der Waals surface area contributed by atoms with Gasteiger partial charge in [-0.1, -0.05) is 47.6 Å². The highest BCUT2D eigenvalue weighted by Gasteiger charge is 2.17. The minimum atomic E-state index is -0.484. The molecule has 0 spiro atoms. The Balaban J connectivity index is 1.65. The molecule has 1 heterocycles. The van der Waals surface area contributed by atoms with Gasteiger partial charge in [-0.05, 0) is 43.7 Å². The summed E-state index contributed by atoms with van der Waals surface area (Å²) in [7, 11) is 0. The van der Waals surface area contributed by atoms with Crippen molar-refractivity contribution in [2.75, 3.05) is 5.32 Å². The second-order valence-corrected chi connectivity index (χ2v) is 8.12. The summed E-state index contributed by atoms with van der Waals surface area (Å²) in [5.41, 5.74) is 1.75. The van der Waals surface area contributed by atoms with E-state index in [1.165, 1.54) is 6.07 Å². The number of aromatic nitrogens is 2. The number of nitrogens with one attached hydrogen (secondary N) is 2. The van der Waals surface area contributed by atoms with Crippen LogP contribution in [0, 0.1) is 6.92 Å². The van der Waals surface area contributed by atoms with Crippen LogP contribution in [0.25, 0.3) is 0 Å². The van der Waals surface area contributed by atoms with Crippen LogP contribution in [0.1, 0.15) is 18.2 Å². The average molecular weight is 430 g/mol. The lowest BCUT2D eigenvalue weighted by atomic mass is 10.2. The molecule has 0 aliphatic rings. The number of anilines is 1. The van der Waals surface area contributed by atoms with E-state index in [-0.39, 0.29) is 18.1 Å². The second kappa shape index (κ2) is 9.62. The first kappa shape index (κ1) is 21.0. The summed E-state index contributed by atoms with van der Waals surface area (Å²) < 4.78 is 5.64. The van der Waals surface area contributed by atoms with E-state index in [0.29, 0.717) is 27.3 Å². The fourth-order valence-corrected chi connectivity index (χ4v) is 3.47. The summed E-state index contributed by atoms with van der Waals surface area (Å²) in [4.78, 5) is 31.6. The normalized spacial score (nSPS) is 11.7. The van der Waals surface area contributed by atoms with E-state index in [4.69, 9.17) is 16.3 Å². The van der Waals surface area contributed by atoms with E-state index >= 15 is 0 Å². The number of aryl methyl sites for hydroxylation is 1. The molecule has 1 aromatic heterocycles. The number of para-hydroxylation sites is 1. The Kier molecular flexibility index (Phi) is 6.95. The van der Waals surface area contributed by atoms with Crippen molar-refractivity contribution < 1.29 is 9.53 Å². The molecule has 29 heavy (non-hydrogen) atoms. The molecular weight excluding hydrogens is 410 g/mol. The minimum absolute atomic E-state index is 0.157. The van der Waals surface area contributed by atoms with Gasteiger partial charge in [0, 0.05) is 16.8 Å². The molecule has 0 bridgehead atoms. The molecule has 0 radical (unpaired) electrons. The SMILES string of the molecule is Cc1ccc(Cl)cc1NC(=O)C(C)Sc1nc(COc2ccccc2)cc(=O)[nH]1. The fraction of sp³-hybridized carbons (Fsp3) is 0.190. The van der Waals surface area contributed by atoms with E-state index < -0.39 is 5.25 Å². The van der Waals surface area contributed by atoms with Crippen LogP contribution in [0.2, 0.25) is 5.02 Å². The molecule has 1 amide bonds. The van der Waals surface area contributed by atoms with Crippen LogP contribution >= 0.6 is 23.4 Å². The van der Waals surface area contributed by atoms with E-state index in [9.17, 15) is 9.59 Å². The highest BCUT2D eigenvalue weighted by atomic mass is 35.5. The first-order valence-corrected chi connectivity index (χ1v) is 10.2. The predicted molar refractivity (Wildman–Crippen MR) is 116 cm³/mol. The smallest absolute Gasteiger partial charge is 0.251 e. The highest BCUT2D eigenvalue weighted by molar-refractivity contribution is 8.00. The van der Waals surface area contributed by atoms with E-state index in [1.807, 2.05) is 43.3 Å². The summed E-state index contributed by atoms with van der Waals surface area (Å²) >= 11 is 7.16.